The van der Waals surface area contributed by atoms with Crippen molar-refractivity contribution < 1.29 is 4.74 Å². The molecule has 0 saturated heterocycles. The minimum absolute atomic E-state index is 0.220. The zero-order chi connectivity index (χ0) is 15.9. The summed E-state index contributed by atoms with van der Waals surface area (Å²) in [4.78, 5) is 0. The Morgan fingerprint density at radius 2 is 1.91 bits per heavy atom. The van der Waals surface area contributed by atoms with Crippen molar-refractivity contribution in [3.63, 3.8) is 0 Å². The second-order valence-corrected chi connectivity index (χ2v) is 6.97. The number of allylic oxidation sites excluding steroid dienone is 4. The topological polar surface area (TPSA) is 9.23 Å². The third-order valence-corrected chi connectivity index (χ3v) is 5.18. The largest absolute Gasteiger partial charge is 0.488 e. The number of rotatable bonds is 6. The van der Waals surface area contributed by atoms with Gasteiger partial charge in [0.15, 0.2) is 0 Å². The fraction of sp³-hybridized carbons (Fsp3) is 0.200. The van der Waals surface area contributed by atoms with E-state index in [2.05, 4.69) is 54.6 Å². The second kappa shape index (κ2) is 8.34. The highest BCUT2D eigenvalue weighted by Gasteiger charge is 2.14. The monoisotopic (exact) mass is 342 g/mol. The summed E-state index contributed by atoms with van der Waals surface area (Å²) in [6, 6.07) is 16.6. The van der Waals surface area contributed by atoms with Gasteiger partial charge in [0.05, 0.1) is 0 Å². The molecule has 0 bridgehead atoms. The smallest absolute Gasteiger partial charge is 0.131 e. The first-order valence-corrected chi connectivity index (χ1v) is 9.86. The van der Waals surface area contributed by atoms with Gasteiger partial charge >= 0.3 is 0 Å². The lowest BCUT2D eigenvalue weighted by Gasteiger charge is -2.18. The van der Waals surface area contributed by atoms with Crippen molar-refractivity contribution in [3.05, 3.63) is 84.0 Å². The standard InChI is InChI=1S/C20H20ClOP/c21-23-19-13-7-12-18(14-16-8-3-1-4-9-16)20(19)22-15-17-10-5-2-6-11-17/h1-8,10-13,16,23H,9,14-15H2. The van der Waals surface area contributed by atoms with E-state index in [1.165, 1.54) is 11.1 Å². The summed E-state index contributed by atoms with van der Waals surface area (Å²) in [5.74, 6) is 1.50. The molecule has 0 saturated carbocycles. The van der Waals surface area contributed by atoms with Gasteiger partial charge in [0.25, 0.3) is 0 Å². The van der Waals surface area contributed by atoms with Crippen LogP contribution in [-0.2, 0) is 13.0 Å². The van der Waals surface area contributed by atoms with E-state index in [1.54, 1.807) is 0 Å². The molecule has 0 radical (unpaired) electrons. The normalized spacial score (nSPS) is 17.0. The van der Waals surface area contributed by atoms with Crippen molar-refractivity contribution in [1.29, 1.82) is 0 Å². The van der Waals surface area contributed by atoms with Gasteiger partial charge in [0.2, 0.25) is 0 Å². The van der Waals surface area contributed by atoms with Crippen LogP contribution in [0.3, 0.4) is 0 Å². The van der Waals surface area contributed by atoms with E-state index in [4.69, 9.17) is 16.0 Å². The Kier molecular flexibility index (Phi) is 5.91. The molecule has 2 aromatic rings. The lowest BCUT2D eigenvalue weighted by atomic mass is 9.93. The Hall–Kier alpha value is -1.56. The minimum atomic E-state index is 0.220. The molecule has 1 nitrogen and oxygen atoms in total. The average molecular weight is 343 g/mol. The van der Waals surface area contributed by atoms with Crippen molar-refractivity contribution in [2.24, 2.45) is 5.92 Å². The van der Waals surface area contributed by atoms with E-state index in [0.29, 0.717) is 12.5 Å². The molecule has 0 aromatic heterocycles. The number of halogens is 1. The van der Waals surface area contributed by atoms with E-state index in [9.17, 15) is 0 Å². The Labute approximate surface area is 144 Å². The molecule has 0 heterocycles. The molecule has 23 heavy (non-hydrogen) atoms. The summed E-state index contributed by atoms with van der Waals surface area (Å²) in [6.45, 7) is 0.576. The van der Waals surface area contributed by atoms with Gasteiger partial charge in [-0.3, -0.25) is 0 Å². The quantitative estimate of drug-likeness (QED) is 0.639. The fourth-order valence-electron chi connectivity index (χ4n) is 2.79. The van der Waals surface area contributed by atoms with Gasteiger partial charge in [-0.05, 0) is 36.0 Å². The molecule has 0 fully saturated rings. The molecule has 3 heteroatoms. The highest BCUT2D eigenvalue weighted by atomic mass is 35.7. The van der Waals surface area contributed by atoms with Gasteiger partial charge in [0.1, 0.15) is 12.4 Å². The van der Waals surface area contributed by atoms with Crippen LogP contribution in [0.2, 0.25) is 0 Å². The third-order valence-electron chi connectivity index (χ3n) is 3.98. The van der Waals surface area contributed by atoms with Crippen molar-refractivity contribution >= 4 is 24.5 Å². The summed E-state index contributed by atoms with van der Waals surface area (Å²) in [7, 11) is 0.220. The van der Waals surface area contributed by atoms with Crippen LogP contribution in [0.5, 0.6) is 5.75 Å². The first-order valence-electron chi connectivity index (χ1n) is 7.85. The first-order chi connectivity index (χ1) is 11.4. The molecule has 1 aliphatic carbocycles. The first kappa shape index (κ1) is 16.3. The summed E-state index contributed by atoms with van der Waals surface area (Å²) < 4.78 is 6.17. The van der Waals surface area contributed by atoms with Crippen molar-refractivity contribution in [3.8, 4) is 5.75 Å². The Morgan fingerprint density at radius 1 is 1.04 bits per heavy atom. The molecular weight excluding hydrogens is 323 g/mol. The number of hydrogen-bond acceptors (Lipinski definition) is 1. The lowest BCUT2D eigenvalue weighted by molar-refractivity contribution is 0.304. The van der Waals surface area contributed by atoms with Crippen LogP contribution in [0, 0.1) is 5.92 Å². The van der Waals surface area contributed by atoms with Crippen molar-refractivity contribution in [2.75, 3.05) is 0 Å². The van der Waals surface area contributed by atoms with Gasteiger partial charge in [-0.2, -0.15) is 0 Å². The van der Waals surface area contributed by atoms with Crippen LogP contribution in [0.4, 0.5) is 0 Å². The summed E-state index contributed by atoms with van der Waals surface area (Å²) in [6.07, 6.45) is 10.8. The number of para-hydroxylation sites is 1. The molecule has 1 aliphatic rings. The lowest BCUT2D eigenvalue weighted by Crippen LogP contribution is -2.10. The summed E-state index contributed by atoms with van der Waals surface area (Å²) in [5.41, 5.74) is 2.42. The molecule has 0 aliphatic heterocycles. The van der Waals surface area contributed by atoms with Crippen LogP contribution in [0.25, 0.3) is 0 Å². The molecule has 0 spiro atoms. The Balaban J connectivity index is 1.78. The molecular formula is C20H20ClOP. The molecule has 2 atom stereocenters. The SMILES string of the molecule is ClPc1cccc(CC2C=CC=CC2)c1OCc1ccccc1. The number of hydrogen-bond donors (Lipinski definition) is 0. The van der Waals surface area contributed by atoms with Crippen LogP contribution in [-0.4, -0.2) is 0 Å². The van der Waals surface area contributed by atoms with Crippen LogP contribution >= 0.6 is 19.2 Å². The van der Waals surface area contributed by atoms with Gasteiger partial charge in [-0.15, -0.1) is 0 Å². The van der Waals surface area contributed by atoms with E-state index in [-0.39, 0.29) is 7.93 Å². The maximum absolute atomic E-state index is 6.17. The minimum Gasteiger partial charge on any atom is -0.488 e. The predicted molar refractivity (Wildman–Crippen MR) is 101 cm³/mol. The van der Waals surface area contributed by atoms with Crippen LogP contribution in [0.1, 0.15) is 17.5 Å². The maximum Gasteiger partial charge on any atom is 0.131 e. The summed E-state index contributed by atoms with van der Waals surface area (Å²) >= 11 is 6.15. The van der Waals surface area contributed by atoms with Crippen LogP contribution < -0.4 is 10.0 Å². The second-order valence-electron chi connectivity index (χ2n) is 5.68. The Bertz CT molecular complexity index is 694. The molecule has 2 aromatic carbocycles. The fourth-order valence-corrected chi connectivity index (χ4v) is 3.71. The number of ether oxygens (including phenoxy) is 1. The van der Waals surface area contributed by atoms with Gasteiger partial charge in [-0.25, -0.2) is 0 Å². The highest BCUT2D eigenvalue weighted by Crippen LogP contribution is 2.30. The molecule has 0 amide bonds. The maximum atomic E-state index is 6.17. The van der Waals surface area contributed by atoms with E-state index >= 15 is 0 Å². The zero-order valence-corrected chi connectivity index (χ0v) is 14.7. The van der Waals surface area contributed by atoms with E-state index in [1.807, 2.05) is 18.2 Å². The van der Waals surface area contributed by atoms with E-state index < -0.39 is 0 Å². The summed E-state index contributed by atoms with van der Waals surface area (Å²) in [5, 5.41) is 1.09. The molecule has 0 N–H and O–H groups in total. The van der Waals surface area contributed by atoms with Crippen molar-refractivity contribution in [2.45, 2.75) is 19.4 Å². The third kappa shape index (κ3) is 4.47. The average Bonchev–Trinajstić information content (AvgIpc) is 2.62. The zero-order valence-electron chi connectivity index (χ0n) is 12.9. The van der Waals surface area contributed by atoms with E-state index in [0.717, 1.165) is 23.9 Å². The number of benzene rings is 2. The molecule has 2 unspecified atom stereocenters. The predicted octanol–water partition coefficient (Wildman–Crippen LogP) is 5.40. The molecule has 3 rings (SSSR count). The van der Waals surface area contributed by atoms with Gasteiger partial charge < -0.3 is 4.74 Å². The van der Waals surface area contributed by atoms with Crippen molar-refractivity contribution in [1.82, 2.24) is 0 Å². The highest BCUT2D eigenvalue weighted by molar-refractivity contribution is 7.75. The van der Waals surface area contributed by atoms with Crippen LogP contribution in [0.15, 0.2) is 72.8 Å². The van der Waals surface area contributed by atoms with Gasteiger partial charge in [-0.1, -0.05) is 78.0 Å². The Morgan fingerprint density at radius 3 is 2.65 bits per heavy atom. The molecule has 118 valence electrons. The van der Waals surface area contributed by atoms with Gasteiger partial charge in [0, 0.05) is 13.2 Å².